The van der Waals surface area contributed by atoms with E-state index < -0.39 is 5.60 Å². The van der Waals surface area contributed by atoms with Gasteiger partial charge in [-0.1, -0.05) is 6.92 Å². The molecule has 4 N–H and O–H groups in total. The van der Waals surface area contributed by atoms with E-state index in [1.807, 2.05) is 30.5 Å². The van der Waals surface area contributed by atoms with E-state index in [4.69, 9.17) is 0 Å². The summed E-state index contributed by atoms with van der Waals surface area (Å²) in [4.78, 5) is 13.7. The number of imidazole rings is 1. The van der Waals surface area contributed by atoms with E-state index in [0.717, 1.165) is 22.1 Å². The molecule has 0 bridgehead atoms. The number of aromatic nitrogens is 4. The molecule has 8 nitrogen and oxygen atoms in total. The summed E-state index contributed by atoms with van der Waals surface area (Å²) in [5, 5.41) is 27.1. The summed E-state index contributed by atoms with van der Waals surface area (Å²) in [5.41, 5.74) is 1.23. The summed E-state index contributed by atoms with van der Waals surface area (Å²) < 4.78 is 2.99. The molecule has 3 aromatic rings. The highest BCUT2D eigenvalue weighted by molar-refractivity contribution is 14.1. The van der Waals surface area contributed by atoms with E-state index in [1.165, 1.54) is 0 Å². The quantitative estimate of drug-likeness (QED) is 0.342. The SMILES string of the molecule is CCC(Nc1nc(NCc2cc(I)ccc2O)c2ncn(CC)c2n1)C(C)(C)O. The standard InChI is InChI=1S/C20H27IN6O2/c1-5-15(20(3,4)29)24-19-25-17(16-18(26-19)27(6-2)11-23-16)22-10-12-9-13(21)7-8-14(12)28/h7-9,11,15,28-29H,5-6,10H2,1-4H3,(H2,22,24,25,26). The van der Waals surface area contributed by atoms with Crippen LogP contribution in [0.15, 0.2) is 24.5 Å². The predicted octanol–water partition coefficient (Wildman–Crippen LogP) is 3.73. The van der Waals surface area contributed by atoms with Gasteiger partial charge in [0.2, 0.25) is 5.95 Å². The number of aryl methyl sites for hydroxylation is 1. The van der Waals surface area contributed by atoms with Crippen LogP contribution in [0.4, 0.5) is 11.8 Å². The minimum absolute atomic E-state index is 0.203. The average Bonchev–Trinajstić information content (AvgIpc) is 3.08. The highest BCUT2D eigenvalue weighted by Gasteiger charge is 2.26. The lowest BCUT2D eigenvalue weighted by Crippen LogP contribution is -2.41. The zero-order chi connectivity index (χ0) is 21.2. The number of phenolic OH excluding ortho intramolecular Hbond substituents is 1. The number of fused-ring (bicyclic) bond motifs is 1. The second-order valence-corrected chi connectivity index (χ2v) is 8.73. The molecule has 0 fully saturated rings. The van der Waals surface area contributed by atoms with Crippen molar-refractivity contribution in [1.29, 1.82) is 0 Å². The highest BCUT2D eigenvalue weighted by atomic mass is 127. The van der Waals surface area contributed by atoms with E-state index in [2.05, 4.69) is 48.2 Å². The molecule has 0 aliphatic carbocycles. The Bertz CT molecular complexity index is 999. The van der Waals surface area contributed by atoms with Gasteiger partial charge in [0.1, 0.15) is 5.75 Å². The fourth-order valence-electron chi connectivity index (χ4n) is 3.17. The van der Waals surface area contributed by atoms with Crippen LogP contribution in [0.3, 0.4) is 0 Å². The maximum absolute atomic E-state index is 10.4. The van der Waals surface area contributed by atoms with Crippen LogP contribution in [-0.2, 0) is 13.1 Å². The second kappa shape index (κ2) is 8.70. The number of hydrogen-bond donors (Lipinski definition) is 4. The molecule has 2 heterocycles. The van der Waals surface area contributed by atoms with Crippen molar-refractivity contribution in [1.82, 2.24) is 19.5 Å². The minimum Gasteiger partial charge on any atom is -0.508 e. The third-order valence-corrected chi connectivity index (χ3v) is 5.53. The summed E-state index contributed by atoms with van der Waals surface area (Å²) in [6.45, 7) is 8.69. The molecule has 1 aromatic carbocycles. The zero-order valence-electron chi connectivity index (χ0n) is 17.1. The Morgan fingerprint density at radius 2 is 2.00 bits per heavy atom. The lowest BCUT2D eigenvalue weighted by molar-refractivity contribution is 0.0577. The van der Waals surface area contributed by atoms with Gasteiger partial charge >= 0.3 is 0 Å². The summed E-state index contributed by atoms with van der Waals surface area (Å²) >= 11 is 2.22. The van der Waals surface area contributed by atoms with Crippen molar-refractivity contribution < 1.29 is 10.2 Å². The monoisotopic (exact) mass is 510 g/mol. The van der Waals surface area contributed by atoms with Gasteiger partial charge in [0.05, 0.1) is 18.0 Å². The lowest BCUT2D eigenvalue weighted by Gasteiger charge is -2.29. The molecule has 1 unspecified atom stereocenters. The molecule has 0 saturated carbocycles. The molecule has 0 radical (unpaired) electrons. The third kappa shape index (κ3) is 4.89. The minimum atomic E-state index is -0.918. The van der Waals surface area contributed by atoms with E-state index in [9.17, 15) is 10.2 Å². The van der Waals surface area contributed by atoms with Gasteiger partial charge in [0.15, 0.2) is 17.0 Å². The van der Waals surface area contributed by atoms with Crippen LogP contribution < -0.4 is 10.6 Å². The Morgan fingerprint density at radius 1 is 1.24 bits per heavy atom. The number of aromatic hydroxyl groups is 1. The molecule has 29 heavy (non-hydrogen) atoms. The van der Waals surface area contributed by atoms with Crippen molar-refractivity contribution in [2.45, 2.75) is 58.8 Å². The van der Waals surface area contributed by atoms with Gasteiger partial charge < -0.3 is 25.4 Å². The van der Waals surface area contributed by atoms with Crippen molar-refractivity contribution in [2.24, 2.45) is 0 Å². The molecular formula is C20H27IN6O2. The van der Waals surface area contributed by atoms with Gasteiger partial charge in [-0.3, -0.25) is 0 Å². The van der Waals surface area contributed by atoms with Gasteiger partial charge in [-0.25, -0.2) is 4.98 Å². The first-order valence-corrected chi connectivity index (χ1v) is 10.7. The molecule has 0 aliphatic rings. The van der Waals surface area contributed by atoms with E-state index >= 15 is 0 Å². The first-order valence-electron chi connectivity index (χ1n) is 9.66. The number of nitrogens with zero attached hydrogens (tertiary/aromatic N) is 4. The number of halogens is 1. The van der Waals surface area contributed by atoms with Gasteiger partial charge in [0.25, 0.3) is 0 Å². The first-order chi connectivity index (χ1) is 13.7. The highest BCUT2D eigenvalue weighted by Crippen LogP contribution is 2.25. The van der Waals surface area contributed by atoms with Crippen molar-refractivity contribution in [3.63, 3.8) is 0 Å². The molecule has 9 heteroatoms. The van der Waals surface area contributed by atoms with Crippen LogP contribution >= 0.6 is 22.6 Å². The Hall–Kier alpha value is -2.14. The fourth-order valence-corrected chi connectivity index (χ4v) is 3.73. The number of anilines is 2. The van der Waals surface area contributed by atoms with Crippen LogP contribution in [0, 0.1) is 3.57 Å². The number of phenols is 1. The Morgan fingerprint density at radius 3 is 2.66 bits per heavy atom. The molecule has 0 aliphatic heterocycles. The second-order valence-electron chi connectivity index (χ2n) is 7.48. The number of hydrogen-bond acceptors (Lipinski definition) is 7. The fraction of sp³-hybridized carbons (Fsp3) is 0.450. The van der Waals surface area contributed by atoms with Crippen molar-refractivity contribution in [3.05, 3.63) is 33.7 Å². The van der Waals surface area contributed by atoms with Gasteiger partial charge in [-0.05, 0) is 68.0 Å². The largest absolute Gasteiger partial charge is 0.508 e. The Kier molecular flexibility index (Phi) is 6.47. The van der Waals surface area contributed by atoms with Crippen molar-refractivity contribution in [3.8, 4) is 5.75 Å². The number of benzene rings is 1. The van der Waals surface area contributed by atoms with Crippen molar-refractivity contribution in [2.75, 3.05) is 10.6 Å². The van der Waals surface area contributed by atoms with Gasteiger partial charge in [-0.15, -0.1) is 0 Å². The summed E-state index contributed by atoms with van der Waals surface area (Å²) in [6, 6.07) is 5.26. The topological polar surface area (TPSA) is 108 Å². The average molecular weight is 510 g/mol. The number of nitrogens with one attached hydrogen (secondary N) is 2. The first kappa shape index (κ1) is 21.6. The van der Waals surface area contributed by atoms with Crippen LogP contribution in [-0.4, -0.2) is 41.4 Å². The van der Waals surface area contributed by atoms with E-state index in [1.54, 1.807) is 26.2 Å². The van der Waals surface area contributed by atoms with Gasteiger partial charge in [0, 0.05) is 22.2 Å². The normalized spacial score (nSPS) is 12.9. The molecule has 0 amide bonds. The number of rotatable bonds is 8. The summed E-state index contributed by atoms with van der Waals surface area (Å²) in [7, 11) is 0. The van der Waals surface area contributed by atoms with E-state index in [-0.39, 0.29) is 11.8 Å². The maximum Gasteiger partial charge on any atom is 0.227 e. The third-order valence-electron chi connectivity index (χ3n) is 4.86. The van der Waals surface area contributed by atoms with Gasteiger partial charge in [-0.2, -0.15) is 9.97 Å². The molecule has 3 rings (SSSR count). The maximum atomic E-state index is 10.4. The molecule has 0 spiro atoms. The zero-order valence-corrected chi connectivity index (χ0v) is 19.2. The van der Waals surface area contributed by atoms with Crippen LogP contribution in [0.5, 0.6) is 5.75 Å². The predicted molar refractivity (Wildman–Crippen MR) is 123 cm³/mol. The summed E-state index contributed by atoms with van der Waals surface area (Å²) in [5.74, 6) is 1.23. The van der Waals surface area contributed by atoms with Crippen LogP contribution in [0.1, 0.15) is 39.7 Å². The van der Waals surface area contributed by atoms with E-state index in [0.29, 0.717) is 29.5 Å². The smallest absolute Gasteiger partial charge is 0.227 e. The molecule has 0 saturated heterocycles. The van der Waals surface area contributed by atoms with Crippen molar-refractivity contribution >= 4 is 45.5 Å². The van der Waals surface area contributed by atoms with Crippen LogP contribution in [0.2, 0.25) is 0 Å². The number of aliphatic hydroxyl groups is 1. The Balaban J connectivity index is 1.96. The Labute approximate surface area is 183 Å². The molecule has 156 valence electrons. The molecule has 2 aromatic heterocycles. The van der Waals surface area contributed by atoms with Crippen LogP contribution in [0.25, 0.3) is 11.2 Å². The molecule has 1 atom stereocenters. The molecular weight excluding hydrogens is 483 g/mol. The lowest BCUT2D eigenvalue weighted by atomic mass is 9.97. The summed E-state index contributed by atoms with van der Waals surface area (Å²) in [6.07, 6.45) is 2.46.